The summed E-state index contributed by atoms with van der Waals surface area (Å²) in [5.41, 5.74) is -9.07. The van der Waals surface area contributed by atoms with Crippen LogP contribution in [0.1, 0.15) is 16.7 Å². The summed E-state index contributed by atoms with van der Waals surface area (Å²) >= 11 is 0. The fourth-order valence-corrected chi connectivity index (χ4v) is 2.72. The first-order valence-electron chi connectivity index (χ1n) is 6.99. The number of rotatable bonds is 3. The number of hydrogen-bond acceptors (Lipinski definition) is 1. The average Bonchev–Trinajstić information content (AvgIpc) is 2.96. The molecule has 1 nitrogen and oxygen atoms in total. The predicted molar refractivity (Wildman–Crippen MR) is 73.5 cm³/mol. The quantitative estimate of drug-likeness (QED) is 0.546. The van der Waals surface area contributed by atoms with E-state index in [1.165, 1.54) is 13.0 Å². The van der Waals surface area contributed by atoms with Gasteiger partial charge >= 0.3 is 23.9 Å². The smallest absolute Gasteiger partial charge is 0.457 e. The summed E-state index contributed by atoms with van der Waals surface area (Å²) in [5, 5.41) is 0. The molecule has 0 radical (unpaired) electrons. The van der Waals surface area contributed by atoms with E-state index in [9.17, 15) is 39.5 Å². The van der Waals surface area contributed by atoms with Gasteiger partial charge in [0.2, 0.25) is 0 Å². The largest absolute Gasteiger partial charge is 0.472 e. The van der Waals surface area contributed by atoms with Gasteiger partial charge in [-0.15, -0.1) is 0 Å². The Balaban J connectivity index is 2.97. The summed E-state index contributed by atoms with van der Waals surface area (Å²) in [6, 6.07) is 2.60. The second-order valence-electron chi connectivity index (χ2n) is 5.74. The van der Waals surface area contributed by atoms with E-state index in [0.717, 1.165) is 25.5 Å². The zero-order valence-corrected chi connectivity index (χ0v) is 13.2. The van der Waals surface area contributed by atoms with E-state index in [0.29, 0.717) is 6.07 Å². The molecule has 0 fully saturated rings. The van der Waals surface area contributed by atoms with Crippen LogP contribution in [0.2, 0.25) is 0 Å². The highest BCUT2D eigenvalue weighted by molar-refractivity contribution is 5.72. The van der Waals surface area contributed by atoms with E-state index in [-0.39, 0.29) is 16.7 Å². The molecule has 2 rings (SSSR count). The van der Waals surface area contributed by atoms with Gasteiger partial charge in [0.15, 0.2) is 0 Å². The van der Waals surface area contributed by atoms with Crippen LogP contribution < -0.4 is 0 Å². The van der Waals surface area contributed by atoms with Crippen molar-refractivity contribution in [3.63, 3.8) is 0 Å². The van der Waals surface area contributed by atoms with Crippen LogP contribution in [-0.4, -0.2) is 18.3 Å². The molecule has 26 heavy (non-hydrogen) atoms. The second kappa shape index (κ2) is 5.95. The maximum absolute atomic E-state index is 14.9. The van der Waals surface area contributed by atoms with Crippen molar-refractivity contribution in [2.75, 3.05) is 0 Å². The van der Waals surface area contributed by atoms with Gasteiger partial charge in [0.05, 0.1) is 12.5 Å². The van der Waals surface area contributed by atoms with Crippen LogP contribution in [0.5, 0.6) is 0 Å². The SMILES string of the molecule is Cc1cc(C)c(-c2ccoc2)c(C(F)(C(F)(F)F)C(F)(F)C(F)(F)F)c1. The topological polar surface area (TPSA) is 13.1 Å². The Kier molecular flexibility index (Phi) is 4.62. The monoisotopic (exact) mass is 390 g/mol. The Hall–Kier alpha value is -2.13. The van der Waals surface area contributed by atoms with Crippen LogP contribution in [0.25, 0.3) is 11.1 Å². The Morgan fingerprint density at radius 3 is 1.81 bits per heavy atom. The van der Waals surface area contributed by atoms with Gasteiger partial charge in [-0.25, -0.2) is 4.39 Å². The zero-order valence-electron chi connectivity index (χ0n) is 13.2. The summed E-state index contributed by atoms with van der Waals surface area (Å²) in [5.74, 6) is -6.73. The van der Waals surface area contributed by atoms with Crippen molar-refractivity contribution in [2.24, 2.45) is 0 Å². The fourth-order valence-electron chi connectivity index (χ4n) is 2.72. The van der Waals surface area contributed by atoms with E-state index in [2.05, 4.69) is 4.42 Å². The number of halogens is 9. The van der Waals surface area contributed by atoms with Gasteiger partial charge in [0.25, 0.3) is 0 Å². The maximum atomic E-state index is 14.9. The first kappa shape index (κ1) is 20.2. The summed E-state index contributed by atoms with van der Waals surface area (Å²) < 4.78 is 125. The third-order valence-electron chi connectivity index (χ3n) is 3.84. The van der Waals surface area contributed by atoms with Crippen molar-refractivity contribution in [2.45, 2.75) is 37.8 Å². The summed E-state index contributed by atoms with van der Waals surface area (Å²) in [4.78, 5) is 0. The molecule has 0 bridgehead atoms. The van der Waals surface area contributed by atoms with Crippen molar-refractivity contribution in [3.8, 4) is 11.1 Å². The van der Waals surface area contributed by atoms with E-state index < -0.39 is 35.1 Å². The van der Waals surface area contributed by atoms with Gasteiger partial charge in [0, 0.05) is 11.1 Å². The lowest BCUT2D eigenvalue weighted by Gasteiger charge is -2.37. The molecule has 10 heteroatoms. The van der Waals surface area contributed by atoms with Gasteiger partial charge in [-0.3, -0.25) is 0 Å². The highest BCUT2D eigenvalue weighted by Gasteiger charge is 2.82. The van der Waals surface area contributed by atoms with Crippen LogP contribution in [0.15, 0.2) is 35.1 Å². The molecule has 0 aliphatic carbocycles. The van der Waals surface area contributed by atoms with Crippen LogP contribution in [0.4, 0.5) is 39.5 Å². The van der Waals surface area contributed by atoms with E-state index in [4.69, 9.17) is 0 Å². The maximum Gasteiger partial charge on any atom is 0.457 e. The number of alkyl halides is 9. The van der Waals surface area contributed by atoms with Crippen molar-refractivity contribution < 1.29 is 43.9 Å². The highest BCUT2D eigenvalue weighted by atomic mass is 19.4. The Morgan fingerprint density at radius 2 is 1.38 bits per heavy atom. The minimum absolute atomic E-state index is 0.117. The van der Waals surface area contributed by atoms with Crippen LogP contribution in [0, 0.1) is 13.8 Å². The molecule has 2 aromatic rings. The lowest BCUT2D eigenvalue weighted by Crippen LogP contribution is -2.60. The van der Waals surface area contributed by atoms with Gasteiger partial charge in [0.1, 0.15) is 0 Å². The molecule has 0 N–H and O–H groups in total. The van der Waals surface area contributed by atoms with Gasteiger partial charge in [-0.05, 0) is 31.0 Å². The third-order valence-corrected chi connectivity index (χ3v) is 3.84. The highest BCUT2D eigenvalue weighted by Crippen LogP contribution is 2.60. The Labute approximate surface area is 141 Å². The summed E-state index contributed by atoms with van der Waals surface area (Å²) in [6.45, 7) is 2.32. The Bertz CT molecular complexity index is 787. The zero-order chi connectivity index (χ0) is 20.1. The van der Waals surface area contributed by atoms with Crippen molar-refractivity contribution in [3.05, 3.63) is 47.4 Å². The van der Waals surface area contributed by atoms with E-state index >= 15 is 0 Å². The molecule has 1 atom stereocenters. The molecule has 0 aliphatic rings. The van der Waals surface area contributed by atoms with Crippen LogP contribution in [0.3, 0.4) is 0 Å². The lowest BCUT2D eigenvalue weighted by molar-refractivity contribution is -0.389. The molecule has 1 aromatic carbocycles. The van der Waals surface area contributed by atoms with E-state index in [1.54, 1.807) is 0 Å². The van der Waals surface area contributed by atoms with Crippen molar-refractivity contribution >= 4 is 0 Å². The third kappa shape index (κ3) is 2.84. The normalized spacial score (nSPS) is 15.8. The minimum atomic E-state index is -6.78. The molecule has 0 spiro atoms. The molecular weight excluding hydrogens is 379 g/mol. The molecule has 0 aliphatic heterocycles. The van der Waals surface area contributed by atoms with Gasteiger partial charge in [-0.1, -0.05) is 17.7 Å². The molecular formula is C16H11F9O. The lowest BCUT2D eigenvalue weighted by atomic mass is 9.80. The minimum Gasteiger partial charge on any atom is -0.472 e. The predicted octanol–water partition coefficient (Wildman–Crippen LogP) is 6.49. The molecule has 1 heterocycles. The first-order valence-corrected chi connectivity index (χ1v) is 6.99. The van der Waals surface area contributed by atoms with Crippen molar-refractivity contribution in [1.29, 1.82) is 0 Å². The molecule has 1 unspecified atom stereocenters. The Morgan fingerprint density at radius 1 is 0.808 bits per heavy atom. The van der Waals surface area contributed by atoms with Gasteiger partial charge in [-0.2, -0.15) is 35.1 Å². The number of furan rings is 1. The van der Waals surface area contributed by atoms with Gasteiger partial charge < -0.3 is 4.42 Å². The second-order valence-corrected chi connectivity index (χ2v) is 5.74. The van der Waals surface area contributed by atoms with E-state index in [1.807, 2.05) is 0 Å². The van der Waals surface area contributed by atoms with Crippen LogP contribution >= 0.6 is 0 Å². The molecule has 1 aromatic heterocycles. The fraction of sp³-hybridized carbons (Fsp3) is 0.375. The first-order chi connectivity index (χ1) is 11.6. The number of aryl methyl sites for hydroxylation is 2. The summed E-state index contributed by atoms with van der Waals surface area (Å²) in [7, 11) is 0. The van der Waals surface area contributed by atoms with Crippen LogP contribution in [-0.2, 0) is 5.67 Å². The van der Waals surface area contributed by atoms with Crippen molar-refractivity contribution in [1.82, 2.24) is 0 Å². The molecule has 0 saturated carbocycles. The number of hydrogen-bond donors (Lipinski definition) is 0. The molecule has 0 saturated heterocycles. The number of benzene rings is 1. The molecule has 0 amide bonds. The average molecular weight is 390 g/mol. The molecule has 144 valence electrons. The summed E-state index contributed by atoms with van der Waals surface area (Å²) in [6.07, 6.45) is -11.5. The standard InChI is InChI=1S/C16H11F9O/c1-8-5-9(2)12(10-3-4-26-7-10)11(6-8)13(17,15(20,21)22)14(18,19)16(23,24)25/h3-7H,1-2H3.